The van der Waals surface area contributed by atoms with Crippen LogP contribution in [0.2, 0.25) is 5.02 Å². The number of benzene rings is 2. The van der Waals surface area contributed by atoms with Gasteiger partial charge in [-0.2, -0.15) is 0 Å². The van der Waals surface area contributed by atoms with E-state index in [1.54, 1.807) is 30.3 Å². The zero-order valence-electron chi connectivity index (χ0n) is 14.9. The largest absolute Gasteiger partial charge is 0.496 e. The van der Waals surface area contributed by atoms with Gasteiger partial charge in [0, 0.05) is 11.6 Å². The van der Waals surface area contributed by atoms with Crippen molar-refractivity contribution in [3.05, 3.63) is 64.2 Å². The van der Waals surface area contributed by atoms with E-state index in [4.69, 9.17) is 21.1 Å². The zero-order valence-corrected chi connectivity index (χ0v) is 15.6. The molecule has 2 rings (SSSR count). The number of rotatable bonds is 8. The van der Waals surface area contributed by atoms with Gasteiger partial charge in [-0.3, -0.25) is 4.79 Å². The van der Waals surface area contributed by atoms with Crippen LogP contribution in [0.4, 0.5) is 0 Å². The summed E-state index contributed by atoms with van der Waals surface area (Å²) in [4.78, 5) is 24.1. The van der Waals surface area contributed by atoms with Gasteiger partial charge in [-0.25, -0.2) is 4.79 Å². The number of esters is 1. The number of ether oxygens (including phenoxy) is 2. The molecule has 0 aliphatic heterocycles. The molecule has 1 amide bonds. The number of carbonyl (C=O) groups is 2. The summed E-state index contributed by atoms with van der Waals surface area (Å²) in [5.41, 5.74) is 1.93. The molecule has 0 bridgehead atoms. The molecule has 0 unspecified atom stereocenters. The van der Waals surface area contributed by atoms with Crippen LogP contribution in [0.25, 0.3) is 0 Å². The summed E-state index contributed by atoms with van der Waals surface area (Å²) in [5.74, 6) is -0.0919. The molecule has 0 saturated heterocycles. The molecule has 138 valence electrons. The minimum absolute atomic E-state index is 0.246. The lowest BCUT2D eigenvalue weighted by molar-refractivity contribution is 0.0505. The van der Waals surface area contributed by atoms with Crippen LogP contribution in [-0.2, 0) is 11.2 Å². The second-order valence-electron chi connectivity index (χ2n) is 5.68. The van der Waals surface area contributed by atoms with Crippen molar-refractivity contribution >= 4 is 23.5 Å². The second kappa shape index (κ2) is 9.82. The molecular weight excluding hydrogens is 354 g/mol. The SMILES string of the molecule is CCCOC(=O)c1ccc(CCNC(=O)c2cc(Cl)ccc2OC)cc1. The van der Waals surface area contributed by atoms with Gasteiger partial charge in [0.25, 0.3) is 5.91 Å². The molecule has 0 atom stereocenters. The molecule has 0 spiro atoms. The molecule has 0 saturated carbocycles. The Kier molecular flexibility index (Phi) is 7.48. The first-order chi connectivity index (χ1) is 12.5. The van der Waals surface area contributed by atoms with E-state index in [2.05, 4.69) is 5.32 Å². The average molecular weight is 376 g/mol. The van der Waals surface area contributed by atoms with Crippen LogP contribution in [-0.4, -0.2) is 32.1 Å². The molecular formula is C20H22ClNO4. The molecule has 0 radical (unpaired) electrons. The van der Waals surface area contributed by atoms with Gasteiger partial charge in [0.05, 0.1) is 24.8 Å². The van der Waals surface area contributed by atoms with Gasteiger partial charge in [-0.05, 0) is 48.7 Å². The highest BCUT2D eigenvalue weighted by Gasteiger charge is 2.12. The fourth-order valence-electron chi connectivity index (χ4n) is 2.36. The molecule has 0 aliphatic rings. The van der Waals surface area contributed by atoms with Gasteiger partial charge in [0.1, 0.15) is 5.75 Å². The monoisotopic (exact) mass is 375 g/mol. The van der Waals surface area contributed by atoms with Crippen molar-refractivity contribution in [3.63, 3.8) is 0 Å². The predicted molar refractivity (Wildman–Crippen MR) is 101 cm³/mol. The van der Waals surface area contributed by atoms with E-state index < -0.39 is 0 Å². The third-order valence-electron chi connectivity index (χ3n) is 3.73. The number of methoxy groups -OCH3 is 1. The summed E-state index contributed by atoms with van der Waals surface area (Å²) in [7, 11) is 1.51. The van der Waals surface area contributed by atoms with E-state index in [1.165, 1.54) is 7.11 Å². The fraction of sp³-hybridized carbons (Fsp3) is 0.300. The Hall–Kier alpha value is -2.53. The molecule has 26 heavy (non-hydrogen) atoms. The first-order valence-electron chi connectivity index (χ1n) is 8.43. The first-order valence-corrected chi connectivity index (χ1v) is 8.80. The lowest BCUT2D eigenvalue weighted by Gasteiger charge is -2.10. The Morgan fingerprint density at radius 2 is 1.85 bits per heavy atom. The number of amides is 1. The van der Waals surface area contributed by atoms with E-state index >= 15 is 0 Å². The van der Waals surface area contributed by atoms with Crippen LogP contribution >= 0.6 is 11.6 Å². The van der Waals surface area contributed by atoms with Crippen LogP contribution < -0.4 is 10.1 Å². The quantitative estimate of drug-likeness (QED) is 0.711. The van der Waals surface area contributed by atoms with Gasteiger partial charge < -0.3 is 14.8 Å². The van der Waals surface area contributed by atoms with E-state index in [-0.39, 0.29) is 11.9 Å². The van der Waals surface area contributed by atoms with Crippen molar-refractivity contribution in [3.8, 4) is 5.75 Å². The normalized spacial score (nSPS) is 10.3. The van der Waals surface area contributed by atoms with Crippen molar-refractivity contribution < 1.29 is 19.1 Å². The molecule has 6 heteroatoms. The molecule has 1 N–H and O–H groups in total. The van der Waals surface area contributed by atoms with Gasteiger partial charge in [0.2, 0.25) is 0 Å². The minimum Gasteiger partial charge on any atom is -0.496 e. The topological polar surface area (TPSA) is 64.6 Å². The second-order valence-corrected chi connectivity index (χ2v) is 6.12. The van der Waals surface area contributed by atoms with E-state index in [1.807, 2.05) is 19.1 Å². The summed E-state index contributed by atoms with van der Waals surface area (Å²) in [6.07, 6.45) is 1.43. The van der Waals surface area contributed by atoms with Gasteiger partial charge in [0.15, 0.2) is 0 Å². The van der Waals surface area contributed by atoms with E-state index in [9.17, 15) is 9.59 Å². The Morgan fingerprint density at radius 1 is 1.12 bits per heavy atom. The summed E-state index contributed by atoms with van der Waals surface area (Å²) in [6, 6.07) is 12.1. The number of hydrogen-bond donors (Lipinski definition) is 1. The van der Waals surface area contributed by atoms with Crippen molar-refractivity contribution in [2.75, 3.05) is 20.3 Å². The van der Waals surface area contributed by atoms with Crippen molar-refractivity contribution in [1.82, 2.24) is 5.32 Å². The molecule has 0 fully saturated rings. The number of nitrogens with one attached hydrogen (secondary N) is 1. The molecule has 0 heterocycles. The molecule has 5 nitrogen and oxygen atoms in total. The Balaban J connectivity index is 1.89. The van der Waals surface area contributed by atoms with E-state index in [0.29, 0.717) is 41.5 Å². The molecule has 0 aliphatic carbocycles. The highest BCUT2D eigenvalue weighted by Crippen LogP contribution is 2.22. The zero-order chi connectivity index (χ0) is 18.9. The predicted octanol–water partition coefficient (Wildman–Crippen LogP) is 3.89. The highest BCUT2D eigenvalue weighted by molar-refractivity contribution is 6.31. The van der Waals surface area contributed by atoms with Gasteiger partial charge in [-0.1, -0.05) is 30.7 Å². The third-order valence-corrected chi connectivity index (χ3v) is 3.97. The standard InChI is InChI=1S/C20H22ClNO4/c1-3-12-26-20(24)15-6-4-14(5-7-15)10-11-22-19(23)17-13-16(21)8-9-18(17)25-2/h4-9,13H,3,10-12H2,1-2H3,(H,22,23). The maximum absolute atomic E-state index is 12.3. The fourth-order valence-corrected chi connectivity index (χ4v) is 2.53. The highest BCUT2D eigenvalue weighted by atomic mass is 35.5. The van der Waals surface area contributed by atoms with Crippen LogP contribution in [0.15, 0.2) is 42.5 Å². The summed E-state index contributed by atoms with van der Waals surface area (Å²) in [5, 5.41) is 3.32. The van der Waals surface area contributed by atoms with Crippen molar-refractivity contribution in [2.45, 2.75) is 19.8 Å². The lowest BCUT2D eigenvalue weighted by Crippen LogP contribution is -2.26. The molecule has 2 aromatic rings. The Morgan fingerprint density at radius 3 is 2.50 bits per heavy atom. The van der Waals surface area contributed by atoms with Crippen LogP contribution in [0, 0.1) is 0 Å². The number of carbonyl (C=O) groups excluding carboxylic acids is 2. The number of hydrogen-bond acceptors (Lipinski definition) is 4. The maximum Gasteiger partial charge on any atom is 0.338 e. The van der Waals surface area contributed by atoms with Crippen LogP contribution in [0.5, 0.6) is 5.75 Å². The first kappa shape index (κ1) is 19.8. The summed E-state index contributed by atoms with van der Waals surface area (Å²) < 4.78 is 10.3. The van der Waals surface area contributed by atoms with E-state index in [0.717, 1.165) is 12.0 Å². The van der Waals surface area contributed by atoms with Crippen molar-refractivity contribution in [1.29, 1.82) is 0 Å². The third kappa shape index (κ3) is 5.49. The smallest absolute Gasteiger partial charge is 0.338 e. The Bertz CT molecular complexity index is 759. The van der Waals surface area contributed by atoms with Crippen LogP contribution in [0.3, 0.4) is 0 Å². The lowest BCUT2D eigenvalue weighted by atomic mass is 10.1. The molecule has 0 aromatic heterocycles. The summed E-state index contributed by atoms with van der Waals surface area (Å²) >= 11 is 5.95. The Labute approximate surface area is 158 Å². The molecule has 2 aromatic carbocycles. The minimum atomic E-state index is -0.320. The van der Waals surface area contributed by atoms with Crippen molar-refractivity contribution in [2.24, 2.45) is 0 Å². The van der Waals surface area contributed by atoms with Gasteiger partial charge >= 0.3 is 5.97 Å². The van der Waals surface area contributed by atoms with Crippen LogP contribution in [0.1, 0.15) is 39.6 Å². The maximum atomic E-state index is 12.3. The number of halogens is 1. The summed E-state index contributed by atoms with van der Waals surface area (Å²) in [6.45, 7) is 2.82. The average Bonchev–Trinajstić information content (AvgIpc) is 2.66. The van der Waals surface area contributed by atoms with Gasteiger partial charge in [-0.15, -0.1) is 0 Å².